The van der Waals surface area contributed by atoms with Crippen molar-refractivity contribution in [3.8, 4) is 0 Å². The second kappa shape index (κ2) is 6.03. The van der Waals surface area contributed by atoms with Crippen LogP contribution in [0.25, 0.3) is 0 Å². The van der Waals surface area contributed by atoms with Crippen LogP contribution in [0.5, 0.6) is 0 Å². The molecular formula is C16H25N3O2. The molecule has 0 spiro atoms. The first-order valence-corrected chi connectivity index (χ1v) is 7.36. The molecule has 0 aromatic heterocycles. The number of rotatable bonds is 4. The molecule has 21 heavy (non-hydrogen) atoms. The standard InChI is InChI=1S/C16H25N3O2/c1-12(20)14-5-4-13(10-15(14)17)19-8-6-18(7-9-19)11-16(2,3)21/h4-5,10,21H,6-9,11,17H2,1-3H3. The van der Waals surface area contributed by atoms with E-state index in [0.29, 0.717) is 17.8 Å². The highest BCUT2D eigenvalue weighted by molar-refractivity contribution is 5.99. The first-order valence-electron chi connectivity index (χ1n) is 7.36. The quantitative estimate of drug-likeness (QED) is 0.647. The van der Waals surface area contributed by atoms with Crippen LogP contribution in [0.15, 0.2) is 18.2 Å². The van der Waals surface area contributed by atoms with Crippen molar-refractivity contribution in [1.82, 2.24) is 4.90 Å². The minimum absolute atomic E-state index is 0.00551. The summed E-state index contributed by atoms with van der Waals surface area (Å²) < 4.78 is 0. The van der Waals surface area contributed by atoms with E-state index in [2.05, 4.69) is 9.80 Å². The zero-order chi connectivity index (χ0) is 15.6. The maximum Gasteiger partial charge on any atom is 0.161 e. The fraction of sp³-hybridized carbons (Fsp3) is 0.562. The highest BCUT2D eigenvalue weighted by Crippen LogP contribution is 2.23. The second-order valence-corrected chi connectivity index (χ2v) is 6.40. The van der Waals surface area contributed by atoms with Gasteiger partial charge in [0.25, 0.3) is 0 Å². The predicted octanol–water partition coefficient (Wildman–Crippen LogP) is 1.36. The number of ketones is 1. The highest BCUT2D eigenvalue weighted by atomic mass is 16.3. The van der Waals surface area contributed by atoms with E-state index in [1.54, 1.807) is 6.07 Å². The van der Waals surface area contributed by atoms with Gasteiger partial charge in [0.05, 0.1) is 5.60 Å². The van der Waals surface area contributed by atoms with E-state index in [4.69, 9.17) is 5.73 Å². The molecule has 2 rings (SSSR count). The highest BCUT2D eigenvalue weighted by Gasteiger charge is 2.23. The Balaban J connectivity index is 1.99. The fourth-order valence-electron chi connectivity index (χ4n) is 2.78. The molecule has 1 aromatic rings. The maximum absolute atomic E-state index is 11.4. The van der Waals surface area contributed by atoms with Crippen LogP contribution in [-0.4, -0.2) is 54.1 Å². The zero-order valence-corrected chi connectivity index (χ0v) is 13.1. The maximum atomic E-state index is 11.4. The van der Waals surface area contributed by atoms with Gasteiger partial charge in [-0.25, -0.2) is 0 Å². The number of hydrogen-bond acceptors (Lipinski definition) is 5. The third-order valence-corrected chi connectivity index (χ3v) is 3.76. The Morgan fingerprint density at radius 1 is 1.29 bits per heavy atom. The molecule has 1 fully saturated rings. The van der Waals surface area contributed by atoms with Gasteiger partial charge in [-0.15, -0.1) is 0 Å². The molecular weight excluding hydrogens is 266 g/mol. The molecule has 116 valence electrons. The number of carbonyl (C=O) groups is 1. The van der Waals surface area contributed by atoms with E-state index in [1.165, 1.54) is 6.92 Å². The SMILES string of the molecule is CC(=O)c1ccc(N2CCN(CC(C)(C)O)CC2)cc1N. The van der Waals surface area contributed by atoms with Crippen molar-refractivity contribution < 1.29 is 9.90 Å². The summed E-state index contributed by atoms with van der Waals surface area (Å²) in [5.41, 5.74) is 7.47. The number of carbonyl (C=O) groups excluding carboxylic acids is 1. The van der Waals surface area contributed by atoms with Crippen LogP contribution in [0.2, 0.25) is 0 Å². The molecule has 1 saturated heterocycles. The van der Waals surface area contributed by atoms with Crippen molar-refractivity contribution in [2.45, 2.75) is 26.4 Å². The number of nitrogens with two attached hydrogens (primary N) is 1. The fourth-order valence-corrected chi connectivity index (χ4v) is 2.78. The number of benzene rings is 1. The van der Waals surface area contributed by atoms with Gasteiger partial charge in [-0.3, -0.25) is 9.69 Å². The minimum Gasteiger partial charge on any atom is -0.398 e. The molecule has 0 saturated carbocycles. The Morgan fingerprint density at radius 2 is 1.90 bits per heavy atom. The van der Waals surface area contributed by atoms with Gasteiger partial charge < -0.3 is 15.7 Å². The Hall–Kier alpha value is -1.59. The van der Waals surface area contributed by atoms with Crippen molar-refractivity contribution in [3.63, 3.8) is 0 Å². The zero-order valence-electron chi connectivity index (χ0n) is 13.1. The van der Waals surface area contributed by atoms with Crippen LogP contribution in [-0.2, 0) is 0 Å². The number of β-amino-alcohol motifs (C(OH)–C–C–N with tert-alkyl or cyclic N) is 1. The summed E-state index contributed by atoms with van der Waals surface area (Å²) in [4.78, 5) is 15.9. The van der Waals surface area contributed by atoms with Crippen LogP contribution >= 0.6 is 0 Å². The normalized spacial score (nSPS) is 17.0. The summed E-state index contributed by atoms with van der Waals surface area (Å²) in [6.45, 7) is 9.51. The Morgan fingerprint density at radius 3 is 2.38 bits per heavy atom. The molecule has 0 amide bonds. The molecule has 1 aliphatic heterocycles. The Labute approximate surface area is 126 Å². The molecule has 0 aliphatic carbocycles. The molecule has 0 unspecified atom stereocenters. The van der Waals surface area contributed by atoms with Crippen molar-refractivity contribution in [2.24, 2.45) is 0 Å². The monoisotopic (exact) mass is 291 g/mol. The molecule has 3 N–H and O–H groups in total. The van der Waals surface area contributed by atoms with Gasteiger partial charge in [-0.05, 0) is 39.0 Å². The summed E-state index contributed by atoms with van der Waals surface area (Å²) in [6, 6.07) is 5.64. The van der Waals surface area contributed by atoms with Gasteiger partial charge in [0.2, 0.25) is 0 Å². The molecule has 5 nitrogen and oxygen atoms in total. The number of hydrogen-bond donors (Lipinski definition) is 2. The predicted molar refractivity (Wildman–Crippen MR) is 85.8 cm³/mol. The van der Waals surface area contributed by atoms with Gasteiger partial charge >= 0.3 is 0 Å². The van der Waals surface area contributed by atoms with Crippen molar-refractivity contribution in [1.29, 1.82) is 0 Å². The summed E-state index contributed by atoms with van der Waals surface area (Å²) in [5, 5.41) is 9.87. The van der Waals surface area contributed by atoms with Gasteiger partial charge in [0.15, 0.2) is 5.78 Å². The lowest BCUT2D eigenvalue weighted by atomic mass is 10.1. The molecule has 5 heteroatoms. The largest absolute Gasteiger partial charge is 0.398 e. The number of aliphatic hydroxyl groups is 1. The van der Waals surface area contributed by atoms with Crippen molar-refractivity contribution >= 4 is 17.2 Å². The number of Topliss-reactive ketones (excluding diaryl/α,β-unsaturated/α-hetero) is 1. The minimum atomic E-state index is -0.657. The topological polar surface area (TPSA) is 69.8 Å². The van der Waals surface area contributed by atoms with Crippen LogP contribution in [0.4, 0.5) is 11.4 Å². The van der Waals surface area contributed by atoms with Crippen LogP contribution in [0.3, 0.4) is 0 Å². The van der Waals surface area contributed by atoms with Gasteiger partial charge in [0.1, 0.15) is 0 Å². The third-order valence-electron chi connectivity index (χ3n) is 3.76. The average molecular weight is 291 g/mol. The van der Waals surface area contributed by atoms with Gasteiger partial charge in [-0.2, -0.15) is 0 Å². The number of nitrogens with zero attached hydrogens (tertiary/aromatic N) is 2. The third kappa shape index (κ3) is 4.19. The first kappa shape index (κ1) is 15.8. The van der Waals surface area contributed by atoms with E-state index in [-0.39, 0.29) is 5.78 Å². The summed E-state index contributed by atoms with van der Waals surface area (Å²) in [7, 11) is 0. The van der Waals surface area contributed by atoms with E-state index in [0.717, 1.165) is 31.9 Å². The molecule has 0 radical (unpaired) electrons. The smallest absolute Gasteiger partial charge is 0.161 e. The van der Waals surface area contributed by atoms with E-state index >= 15 is 0 Å². The summed E-state index contributed by atoms with van der Waals surface area (Å²) in [5.74, 6) is -0.00551. The first-order chi connectivity index (χ1) is 9.76. The lowest BCUT2D eigenvalue weighted by Gasteiger charge is -2.38. The van der Waals surface area contributed by atoms with Crippen LogP contribution < -0.4 is 10.6 Å². The Bertz CT molecular complexity index is 515. The van der Waals surface area contributed by atoms with Crippen molar-refractivity contribution in [3.05, 3.63) is 23.8 Å². The molecule has 0 atom stereocenters. The average Bonchev–Trinajstić information content (AvgIpc) is 2.37. The van der Waals surface area contributed by atoms with Crippen molar-refractivity contribution in [2.75, 3.05) is 43.4 Å². The number of anilines is 2. The van der Waals surface area contributed by atoms with Crippen LogP contribution in [0, 0.1) is 0 Å². The second-order valence-electron chi connectivity index (χ2n) is 6.40. The summed E-state index contributed by atoms with van der Waals surface area (Å²) >= 11 is 0. The molecule has 0 bridgehead atoms. The van der Waals surface area contributed by atoms with Gasteiger partial charge in [-0.1, -0.05) is 0 Å². The number of nitrogen functional groups attached to an aromatic ring is 1. The van der Waals surface area contributed by atoms with E-state index in [1.807, 2.05) is 26.0 Å². The van der Waals surface area contributed by atoms with Crippen LogP contribution in [0.1, 0.15) is 31.1 Å². The molecule has 1 aliphatic rings. The summed E-state index contributed by atoms with van der Waals surface area (Å²) in [6.07, 6.45) is 0. The van der Waals surface area contributed by atoms with E-state index in [9.17, 15) is 9.90 Å². The lowest BCUT2D eigenvalue weighted by molar-refractivity contribution is 0.0345. The number of piperazine rings is 1. The molecule has 1 aromatic carbocycles. The molecule has 1 heterocycles. The Kier molecular flexibility index (Phi) is 4.54. The van der Waals surface area contributed by atoms with E-state index < -0.39 is 5.60 Å². The van der Waals surface area contributed by atoms with Gasteiger partial charge in [0, 0.05) is 49.7 Å². The lowest BCUT2D eigenvalue weighted by Crippen LogP contribution is -2.50.